The summed E-state index contributed by atoms with van der Waals surface area (Å²) in [5, 5.41) is 7.40. The molecule has 4 rings (SSSR count). The highest BCUT2D eigenvalue weighted by atomic mass is 16.5. The van der Waals surface area contributed by atoms with E-state index in [4.69, 9.17) is 4.52 Å². The van der Waals surface area contributed by atoms with Crippen molar-refractivity contribution in [1.82, 2.24) is 10.1 Å². The van der Waals surface area contributed by atoms with Gasteiger partial charge in [0.15, 0.2) is 5.78 Å². The lowest BCUT2D eigenvalue weighted by Gasteiger charge is -2.09. The first-order valence-electron chi connectivity index (χ1n) is 8.78. The number of aromatic nitrogens is 2. The topological polar surface area (TPSA) is 85.1 Å². The third-order valence-electron chi connectivity index (χ3n) is 4.48. The van der Waals surface area contributed by atoms with Gasteiger partial charge in [-0.1, -0.05) is 35.5 Å². The Morgan fingerprint density at radius 2 is 1.71 bits per heavy atom. The van der Waals surface area contributed by atoms with Crippen LogP contribution in [0.4, 0.5) is 5.69 Å². The Hall–Kier alpha value is -3.80. The first-order valence-corrected chi connectivity index (χ1v) is 8.78. The van der Waals surface area contributed by atoms with E-state index in [2.05, 4.69) is 15.5 Å². The lowest BCUT2D eigenvalue weighted by atomic mass is 10.0. The molecule has 4 aromatic rings. The number of benzene rings is 2. The molecule has 0 unspecified atom stereocenters. The van der Waals surface area contributed by atoms with Crippen molar-refractivity contribution in [2.24, 2.45) is 0 Å². The van der Waals surface area contributed by atoms with Crippen LogP contribution in [0.2, 0.25) is 0 Å². The van der Waals surface area contributed by atoms with Gasteiger partial charge in [0, 0.05) is 16.8 Å². The molecule has 0 fully saturated rings. The molecule has 6 nitrogen and oxygen atoms in total. The molecule has 1 amide bonds. The molecule has 0 spiro atoms. The fraction of sp³-hybridized carbons (Fsp3) is 0.0909. The standard InChI is InChI=1S/C22H17N3O3/c1-13-20-18(21(27)23-17-10-8-15(9-11-17)14(2)26)12-19(24-22(20)28-25-13)16-6-4-3-5-7-16/h3-12H,1-2H3,(H,23,27). The van der Waals surface area contributed by atoms with Crippen molar-refractivity contribution in [3.05, 3.63) is 77.5 Å². The molecule has 0 atom stereocenters. The van der Waals surface area contributed by atoms with Gasteiger partial charge in [0.05, 0.1) is 22.3 Å². The van der Waals surface area contributed by atoms with Crippen molar-refractivity contribution in [1.29, 1.82) is 0 Å². The minimum absolute atomic E-state index is 0.0266. The van der Waals surface area contributed by atoms with Crippen LogP contribution < -0.4 is 5.32 Å². The Bertz CT molecular complexity index is 1180. The minimum atomic E-state index is -0.300. The van der Waals surface area contributed by atoms with Crippen LogP contribution in [0.15, 0.2) is 65.2 Å². The zero-order valence-electron chi connectivity index (χ0n) is 15.4. The highest BCUT2D eigenvalue weighted by molar-refractivity contribution is 6.13. The number of fused-ring (bicyclic) bond motifs is 1. The molecule has 0 bridgehead atoms. The molecule has 138 valence electrons. The molecular weight excluding hydrogens is 354 g/mol. The number of nitrogens with one attached hydrogen (secondary N) is 1. The summed E-state index contributed by atoms with van der Waals surface area (Å²) in [6.07, 6.45) is 0. The summed E-state index contributed by atoms with van der Waals surface area (Å²) < 4.78 is 5.32. The Morgan fingerprint density at radius 1 is 1.00 bits per heavy atom. The number of ketones is 1. The highest BCUT2D eigenvalue weighted by Crippen LogP contribution is 2.27. The summed E-state index contributed by atoms with van der Waals surface area (Å²) >= 11 is 0. The number of nitrogens with zero attached hydrogens (tertiary/aromatic N) is 2. The van der Waals surface area contributed by atoms with E-state index >= 15 is 0 Å². The summed E-state index contributed by atoms with van der Waals surface area (Å²) in [4.78, 5) is 28.9. The number of anilines is 1. The van der Waals surface area contributed by atoms with Crippen molar-refractivity contribution >= 4 is 28.5 Å². The predicted molar refractivity (Wildman–Crippen MR) is 106 cm³/mol. The van der Waals surface area contributed by atoms with Gasteiger partial charge in [-0.3, -0.25) is 9.59 Å². The van der Waals surface area contributed by atoms with Crippen LogP contribution in [0, 0.1) is 6.92 Å². The van der Waals surface area contributed by atoms with Crippen LogP contribution in [0.3, 0.4) is 0 Å². The van der Waals surface area contributed by atoms with Gasteiger partial charge in [-0.25, -0.2) is 4.98 Å². The van der Waals surface area contributed by atoms with E-state index in [0.717, 1.165) is 5.56 Å². The quantitative estimate of drug-likeness (QED) is 0.528. The van der Waals surface area contributed by atoms with Crippen LogP contribution in [0.25, 0.3) is 22.4 Å². The predicted octanol–water partition coefficient (Wildman–Crippen LogP) is 4.65. The van der Waals surface area contributed by atoms with Crippen LogP contribution in [0.5, 0.6) is 0 Å². The number of amides is 1. The minimum Gasteiger partial charge on any atom is -0.335 e. The molecule has 0 aliphatic rings. The van der Waals surface area contributed by atoms with Gasteiger partial charge in [-0.05, 0) is 44.2 Å². The van der Waals surface area contributed by atoms with E-state index in [9.17, 15) is 9.59 Å². The number of Topliss-reactive ketones (excluding diaryl/α,β-unsaturated/α-hetero) is 1. The van der Waals surface area contributed by atoms with Crippen LogP contribution in [0.1, 0.15) is 33.3 Å². The molecule has 2 heterocycles. The van der Waals surface area contributed by atoms with E-state index < -0.39 is 0 Å². The third-order valence-corrected chi connectivity index (χ3v) is 4.48. The molecule has 2 aromatic carbocycles. The summed E-state index contributed by atoms with van der Waals surface area (Å²) in [5.41, 5.74) is 4.02. The van der Waals surface area contributed by atoms with Gasteiger partial charge < -0.3 is 9.84 Å². The molecule has 0 aliphatic heterocycles. The number of hydrogen-bond donors (Lipinski definition) is 1. The summed E-state index contributed by atoms with van der Waals surface area (Å²) in [7, 11) is 0. The van der Waals surface area contributed by atoms with Gasteiger partial charge in [0.2, 0.25) is 0 Å². The lowest BCUT2D eigenvalue weighted by Crippen LogP contribution is -2.13. The van der Waals surface area contributed by atoms with Crippen molar-refractivity contribution in [3.63, 3.8) is 0 Å². The van der Waals surface area contributed by atoms with Crippen LogP contribution in [-0.4, -0.2) is 21.8 Å². The van der Waals surface area contributed by atoms with E-state index in [1.54, 1.807) is 37.3 Å². The molecular formula is C22H17N3O3. The maximum Gasteiger partial charge on any atom is 0.259 e. The number of rotatable bonds is 4. The van der Waals surface area contributed by atoms with Crippen molar-refractivity contribution in [3.8, 4) is 11.3 Å². The number of carbonyl (C=O) groups is 2. The number of hydrogen-bond acceptors (Lipinski definition) is 5. The summed E-state index contributed by atoms with van der Waals surface area (Å²) in [6, 6.07) is 18.1. The molecule has 2 aromatic heterocycles. The van der Waals surface area contributed by atoms with E-state index in [-0.39, 0.29) is 11.7 Å². The zero-order chi connectivity index (χ0) is 19.7. The molecule has 0 saturated carbocycles. The fourth-order valence-corrected chi connectivity index (χ4v) is 3.02. The average molecular weight is 371 g/mol. The van der Waals surface area contributed by atoms with Crippen LogP contribution in [-0.2, 0) is 0 Å². The molecule has 0 aliphatic carbocycles. The van der Waals surface area contributed by atoms with Gasteiger partial charge in [0.25, 0.3) is 11.6 Å². The second-order valence-corrected chi connectivity index (χ2v) is 6.46. The fourth-order valence-electron chi connectivity index (χ4n) is 3.02. The maximum atomic E-state index is 13.0. The molecule has 6 heteroatoms. The summed E-state index contributed by atoms with van der Waals surface area (Å²) in [6.45, 7) is 3.27. The average Bonchev–Trinajstić information content (AvgIpc) is 3.09. The van der Waals surface area contributed by atoms with Crippen molar-refractivity contribution in [2.45, 2.75) is 13.8 Å². The molecule has 0 radical (unpaired) electrons. The summed E-state index contributed by atoms with van der Waals surface area (Å²) in [5.74, 6) is -0.326. The van der Waals surface area contributed by atoms with Gasteiger partial charge in [-0.2, -0.15) is 0 Å². The van der Waals surface area contributed by atoms with Crippen molar-refractivity contribution in [2.75, 3.05) is 5.32 Å². The van der Waals surface area contributed by atoms with E-state index in [0.29, 0.717) is 39.3 Å². The Balaban J connectivity index is 1.75. The number of aryl methyl sites for hydroxylation is 1. The number of carbonyl (C=O) groups excluding carboxylic acids is 2. The smallest absolute Gasteiger partial charge is 0.259 e. The first kappa shape index (κ1) is 17.6. The monoisotopic (exact) mass is 371 g/mol. The molecule has 28 heavy (non-hydrogen) atoms. The van der Waals surface area contributed by atoms with Gasteiger partial charge in [-0.15, -0.1) is 0 Å². The first-order chi connectivity index (χ1) is 13.5. The third kappa shape index (κ3) is 3.27. The second kappa shape index (κ2) is 7.08. The van der Waals surface area contributed by atoms with Gasteiger partial charge >= 0.3 is 0 Å². The Labute approximate surface area is 161 Å². The lowest BCUT2D eigenvalue weighted by molar-refractivity contribution is 0.101. The Morgan fingerprint density at radius 3 is 2.39 bits per heavy atom. The van der Waals surface area contributed by atoms with E-state index in [1.807, 2.05) is 30.3 Å². The SMILES string of the molecule is CC(=O)c1ccc(NC(=O)c2cc(-c3ccccc3)nc3onc(C)c23)cc1. The van der Waals surface area contributed by atoms with Crippen LogP contribution >= 0.6 is 0 Å². The molecule has 1 N–H and O–H groups in total. The Kier molecular flexibility index (Phi) is 4.45. The number of pyridine rings is 1. The second-order valence-electron chi connectivity index (χ2n) is 6.46. The zero-order valence-corrected chi connectivity index (χ0v) is 15.4. The normalized spacial score (nSPS) is 10.8. The van der Waals surface area contributed by atoms with Gasteiger partial charge in [0.1, 0.15) is 0 Å². The van der Waals surface area contributed by atoms with E-state index in [1.165, 1.54) is 6.92 Å². The largest absolute Gasteiger partial charge is 0.335 e. The maximum absolute atomic E-state index is 13.0. The molecule has 0 saturated heterocycles. The van der Waals surface area contributed by atoms with Crippen molar-refractivity contribution < 1.29 is 14.1 Å². The highest BCUT2D eigenvalue weighted by Gasteiger charge is 2.19.